The van der Waals surface area contributed by atoms with Gasteiger partial charge < -0.3 is 55.6 Å². The van der Waals surface area contributed by atoms with Crippen LogP contribution in [0.4, 0.5) is 0 Å². The molecule has 138 heavy (non-hydrogen) atoms. The molecule has 0 N–H and O–H groups in total. The van der Waals surface area contributed by atoms with E-state index in [0.29, 0.717) is 85.0 Å². The number of carbonyl (C=O) groups is 6. The molecule has 18 aromatic rings. The zero-order valence-corrected chi connectivity index (χ0v) is 77.0. The molecule has 0 saturated heterocycles. The number of esters is 6. The minimum absolute atomic E-state index is 0.0286. The van der Waals surface area contributed by atoms with Gasteiger partial charge in [0.2, 0.25) is 0 Å². The van der Waals surface area contributed by atoms with Gasteiger partial charge in [0.05, 0.1) is 33.4 Å². The number of pyridine rings is 6. The molecule has 0 fully saturated rings. The summed E-state index contributed by atoms with van der Waals surface area (Å²) in [4.78, 5) is 94.4. The van der Waals surface area contributed by atoms with Crippen molar-refractivity contribution in [3.8, 4) is 67.5 Å². The van der Waals surface area contributed by atoms with Gasteiger partial charge in [-0.05, 0) is 147 Å². The molecular formula is C108H96N12O18. The van der Waals surface area contributed by atoms with E-state index >= 15 is 0 Å². The monoisotopic (exact) mass is 1850 g/mol. The highest BCUT2D eigenvalue weighted by Gasteiger charge is 2.21. The third-order valence-corrected chi connectivity index (χ3v) is 20.5. The minimum Gasteiger partial charge on any atom is -0.454 e. The van der Waals surface area contributed by atoms with Crippen LogP contribution in [0.2, 0.25) is 0 Å². The van der Waals surface area contributed by atoms with Gasteiger partial charge in [-0.25, -0.2) is 28.8 Å². The Bertz CT molecular complexity index is 6760. The first-order valence-electron chi connectivity index (χ1n) is 43.7. The van der Waals surface area contributed by atoms with E-state index in [2.05, 4.69) is 151 Å². The third kappa shape index (κ3) is 29.2. The summed E-state index contributed by atoms with van der Waals surface area (Å²) in [5.41, 5.74) is 21.2. The van der Waals surface area contributed by atoms with Crippen LogP contribution in [-0.4, -0.2) is 96.7 Å². The van der Waals surface area contributed by atoms with Crippen molar-refractivity contribution in [1.82, 2.24) is 60.8 Å². The molecule has 696 valence electrons. The Morgan fingerprint density at radius 1 is 0.261 bits per heavy atom. The molecule has 30 heteroatoms. The molecule has 0 radical (unpaired) electrons. The molecule has 0 aliphatic heterocycles. The summed E-state index contributed by atoms with van der Waals surface area (Å²) in [6.07, 6.45) is 20.4. The highest BCUT2D eigenvalue weighted by molar-refractivity contribution is 5.91. The van der Waals surface area contributed by atoms with Crippen LogP contribution in [0.25, 0.3) is 67.5 Å². The maximum atomic E-state index is 11.9. The van der Waals surface area contributed by atoms with Gasteiger partial charge in [0.1, 0.15) is 34.2 Å². The minimum atomic E-state index is -0.444. The second-order valence-corrected chi connectivity index (χ2v) is 31.9. The lowest BCUT2D eigenvalue weighted by molar-refractivity contribution is 0.0429. The molecule has 6 aromatic carbocycles. The summed E-state index contributed by atoms with van der Waals surface area (Å²) < 4.78 is 62.5. The lowest BCUT2D eigenvalue weighted by Crippen LogP contribution is -2.10. The predicted octanol–water partition coefficient (Wildman–Crippen LogP) is 22.2. The second kappa shape index (κ2) is 49.2. The Morgan fingerprint density at radius 2 is 0.493 bits per heavy atom. The van der Waals surface area contributed by atoms with Gasteiger partial charge in [-0.1, -0.05) is 216 Å². The van der Waals surface area contributed by atoms with Gasteiger partial charge in [-0.2, -0.15) is 0 Å². The molecule has 0 amide bonds. The highest BCUT2D eigenvalue weighted by atomic mass is 16.6. The maximum absolute atomic E-state index is 11.9. The smallest absolute Gasteiger partial charge is 0.340 e. The average molecular weight is 1850 g/mol. The zero-order chi connectivity index (χ0) is 97.0. The van der Waals surface area contributed by atoms with Crippen molar-refractivity contribution in [1.29, 1.82) is 0 Å². The van der Waals surface area contributed by atoms with Gasteiger partial charge in [0.15, 0.2) is 74.2 Å². The first kappa shape index (κ1) is 97.8. The molecule has 0 unspecified atom stereocenters. The van der Waals surface area contributed by atoms with Crippen molar-refractivity contribution in [3.63, 3.8) is 0 Å². The third-order valence-electron chi connectivity index (χ3n) is 20.5. The molecule has 18 rings (SSSR count). The molecule has 0 atom stereocenters. The Hall–Kier alpha value is -17.7. The Kier molecular flexibility index (Phi) is 34.8. The maximum Gasteiger partial charge on any atom is 0.340 e. The number of aryl methyl sites for hydroxylation is 6. The van der Waals surface area contributed by atoms with Crippen molar-refractivity contribution < 1.29 is 84.3 Å². The summed E-state index contributed by atoms with van der Waals surface area (Å²) >= 11 is 0. The van der Waals surface area contributed by atoms with Gasteiger partial charge >= 0.3 is 35.8 Å². The van der Waals surface area contributed by atoms with E-state index in [9.17, 15) is 28.8 Å². The first-order valence-corrected chi connectivity index (χ1v) is 43.7. The van der Waals surface area contributed by atoms with E-state index < -0.39 is 35.8 Å². The summed E-state index contributed by atoms with van der Waals surface area (Å²) in [7, 11) is 0. The number of hydrogen-bond donors (Lipinski definition) is 0. The van der Waals surface area contributed by atoms with Crippen molar-refractivity contribution in [3.05, 3.63) is 430 Å². The van der Waals surface area contributed by atoms with Crippen molar-refractivity contribution >= 4 is 35.8 Å². The Morgan fingerprint density at radius 3 is 0.732 bits per heavy atom. The molecule has 0 aliphatic carbocycles. The van der Waals surface area contributed by atoms with Crippen LogP contribution in [0.15, 0.2) is 350 Å². The van der Waals surface area contributed by atoms with Crippen molar-refractivity contribution in [2.24, 2.45) is 0 Å². The van der Waals surface area contributed by atoms with Gasteiger partial charge in [-0.15, -0.1) is 0 Å². The summed E-state index contributed by atoms with van der Waals surface area (Å²) in [5, 5.41) is 24.1. The van der Waals surface area contributed by atoms with E-state index in [1.54, 1.807) is 146 Å². The van der Waals surface area contributed by atoms with Crippen LogP contribution in [0.1, 0.15) is 170 Å². The molecule has 0 spiro atoms. The Balaban J connectivity index is 0.000000140. The average Bonchev–Trinajstić information content (AvgIpc) is 1.53. The van der Waals surface area contributed by atoms with Crippen LogP contribution in [0.5, 0.6) is 0 Å². The quantitative estimate of drug-likeness (QED) is 0.0359. The van der Waals surface area contributed by atoms with E-state index in [0.717, 1.165) is 74.4 Å². The predicted molar refractivity (Wildman–Crippen MR) is 508 cm³/mol. The summed E-state index contributed by atoms with van der Waals surface area (Å²) in [5.74, 6) is 0.319. The zero-order valence-electron chi connectivity index (χ0n) is 77.0. The normalized spacial score (nSPS) is 10.6. The highest BCUT2D eigenvalue weighted by Crippen LogP contribution is 2.32. The molecular weight excluding hydrogens is 1750 g/mol. The number of benzene rings is 6. The van der Waals surface area contributed by atoms with Crippen molar-refractivity contribution in [2.45, 2.75) is 120 Å². The van der Waals surface area contributed by atoms with Crippen LogP contribution < -0.4 is 0 Å². The number of carbonyl (C=O) groups excluding carboxylic acids is 6. The molecule has 12 heterocycles. The molecule has 0 aliphatic rings. The van der Waals surface area contributed by atoms with Crippen LogP contribution in [-0.2, 0) is 86.3 Å². The van der Waals surface area contributed by atoms with Crippen LogP contribution in [0, 0.1) is 27.7 Å². The summed E-state index contributed by atoms with van der Waals surface area (Å²) in [6, 6.07) is 76.9. The van der Waals surface area contributed by atoms with Crippen LogP contribution >= 0.6 is 0 Å². The number of rotatable bonds is 26. The van der Waals surface area contributed by atoms with E-state index in [1.165, 1.54) is 65.0 Å². The number of nitrogens with zero attached hydrogens (tertiary/aromatic N) is 12. The first-order chi connectivity index (χ1) is 67.0. The number of aromatic nitrogens is 12. The molecule has 0 saturated carbocycles. The largest absolute Gasteiger partial charge is 0.454 e. The fourth-order valence-electron chi connectivity index (χ4n) is 13.2. The standard InChI is InChI=1S/C20H20N2O3.C19H18N2O3.2C18H16N2O3.C17H14N2O3.C16H12N2O3/c1-20(2,3)16-8-6-14(7-9-16)18-11-17(25-22-18)13-24-19(23)15-5-4-10-21-12-15;1-12-7-13(2)18(14(3)8-12)17-9-16(24-21-17)11-23-19(22)15-5-4-6-20-10-15;2*1-2-13-5-7-14(8-6-13)17-10-16(23-20-17)12-22-18(21)15-4-3-9-19-11-15;1-12-4-6-13(7-5-12)16-9-15(22-19-16)11-21-17(20)14-3-2-8-18-10-14;19-16(13-7-4-8-17-10-13)20-11-14-9-15(18-21-14)12-5-2-1-3-6-12/h4-12H,13H2,1-3H3;4-10H,11H2,1-3H3;2*3-11H,2,12H2,1H3;2-10H,11H2,1H3;1-10H,11H2. The number of ether oxygens (including phenoxy) is 6. The van der Waals surface area contributed by atoms with E-state index in [1.807, 2.05) is 112 Å². The fraction of sp³-hybridized carbons (Fsp3) is 0.167. The molecule has 0 bridgehead atoms. The lowest BCUT2D eigenvalue weighted by Gasteiger charge is -2.18. The number of hydrogen-bond acceptors (Lipinski definition) is 30. The van der Waals surface area contributed by atoms with E-state index in [-0.39, 0.29) is 45.1 Å². The fourth-order valence-corrected chi connectivity index (χ4v) is 13.2. The van der Waals surface area contributed by atoms with Gasteiger partial charge in [0.25, 0.3) is 0 Å². The molecule has 30 nitrogen and oxygen atoms in total. The van der Waals surface area contributed by atoms with Crippen LogP contribution in [0.3, 0.4) is 0 Å². The van der Waals surface area contributed by atoms with E-state index in [4.69, 9.17) is 55.6 Å². The Labute approximate surface area is 794 Å². The molecule has 12 aromatic heterocycles. The second-order valence-electron chi connectivity index (χ2n) is 31.9. The van der Waals surface area contributed by atoms with Gasteiger partial charge in [-0.3, -0.25) is 29.9 Å². The van der Waals surface area contributed by atoms with Crippen molar-refractivity contribution in [2.75, 3.05) is 0 Å². The topological polar surface area (TPSA) is 391 Å². The summed E-state index contributed by atoms with van der Waals surface area (Å²) in [6.45, 7) is 19.1. The SMILES string of the molecule is CC(C)(C)c1ccc(-c2cc(COC(=O)c3cccnc3)on2)cc1.CCc1ccc(-c2cc(COC(=O)c3cccnc3)on2)cc1.CCc1ccc(-c2cc(COC(=O)c3cccnc3)on2)cc1.Cc1cc(C)c(-c2cc(COC(=O)c3cccnc3)on2)c(C)c1.Cc1ccc(-c2cc(COC(=O)c3cccnc3)on2)cc1.O=C(OCc1cc(-c2ccccc2)no1)c1cccnc1. The van der Waals surface area contributed by atoms with Gasteiger partial charge in [0, 0.05) is 144 Å². The lowest BCUT2D eigenvalue weighted by atomic mass is 9.86.